The third kappa shape index (κ3) is 1.95. The van der Waals surface area contributed by atoms with E-state index in [9.17, 15) is 0 Å². The summed E-state index contributed by atoms with van der Waals surface area (Å²) < 4.78 is 5.34. The van der Waals surface area contributed by atoms with Crippen LogP contribution in [0, 0.1) is 6.92 Å². The maximum absolute atomic E-state index is 5.34. The maximum Gasteiger partial charge on any atom is 0.204 e. The summed E-state index contributed by atoms with van der Waals surface area (Å²) in [5.41, 5.74) is 2.23. The fourth-order valence-corrected chi connectivity index (χ4v) is 2.10. The number of tetrazole rings is 1. The van der Waals surface area contributed by atoms with Gasteiger partial charge in [-0.1, -0.05) is 24.3 Å². The first-order chi connectivity index (χ1) is 8.86. The molecular weight excluding hydrogens is 230 g/mol. The lowest BCUT2D eigenvalue weighted by Crippen LogP contribution is -2.45. The van der Waals surface area contributed by atoms with Crippen LogP contribution in [0.1, 0.15) is 5.56 Å². The van der Waals surface area contributed by atoms with Crippen LogP contribution >= 0.6 is 0 Å². The maximum atomic E-state index is 5.34. The molecule has 1 aromatic heterocycles. The molecule has 0 aliphatic carbocycles. The highest BCUT2D eigenvalue weighted by Gasteiger charge is 2.18. The standard InChI is InChI=1S/C12H15N5O/c1-10-4-2-3-5-11(10)12-13-14-15-17(12)16-6-8-18-9-7-16/h2-5H,6-9H2,1H3. The van der Waals surface area contributed by atoms with Crippen molar-refractivity contribution >= 4 is 0 Å². The van der Waals surface area contributed by atoms with Crippen molar-refractivity contribution in [3.63, 3.8) is 0 Å². The van der Waals surface area contributed by atoms with Gasteiger partial charge in [0.1, 0.15) is 0 Å². The Morgan fingerprint density at radius 2 is 1.94 bits per heavy atom. The molecule has 0 radical (unpaired) electrons. The fourth-order valence-electron chi connectivity index (χ4n) is 2.10. The minimum Gasteiger partial charge on any atom is -0.378 e. The van der Waals surface area contributed by atoms with Gasteiger partial charge in [0.15, 0.2) is 0 Å². The van der Waals surface area contributed by atoms with Crippen molar-refractivity contribution in [3.8, 4) is 11.4 Å². The highest BCUT2D eigenvalue weighted by atomic mass is 16.5. The molecule has 1 fully saturated rings. The number of ether oxygens (including phenoxy) is 1. The van der Waals surface area contributed by atoms with E-state index in [4.69, 9.17) is 4.74 Å². The molecule has 1 aliphatic heterocycles. The molecule has 0 unspecified atom stereocenters. The third-order valence-corrected chi connectivity index (χ3v) is 3.09. The second-order valence-electron chi connectivity index (χ2n) is 4.27. The van der Waals surface area contributed by atoms with Crippen molar-refractivity contribution < 1.29 is 4.74 Å². The molecule has 3 rings (SSSR count). The van der Waals surface area contributed by atoms with Crippen molar-refractivity contribution in [2.75, 3.05) is 31.3 Å². The second-order valence-corrected chi connectivity index (χ2v) is 4.27. The molecule has 1 saturated heterocycles. The normalized spacial score (nSPS) is 15.9. The highest BCUT2D eigenvalue weighted by Crippen LogP contribution is 2.20. The molecule has 0 spiro atoms. The van der Waals surface area contributed by atoms with Gasteiger partial charge in [-0.2, -0.15) is 0 Å². The first kappa shape index (κ1) is 11.2. The van der Waals surface area contributed by atoms with E-state index >= 15 is 0 Å². The Bertz CT molecular complexity index is 533. The van der Waals surface area contributed by atoms with E-state index in [-0.39, 0.29) is 0 Å². The van der Waals surface area contributed by atoms with E-state index in [2.05, 4.69) is 33.5 Å². The minimum absolute atomic E-state index is 0.715. The van der Waals surface area contributed by atoms with Crippen molar-refractivity contribution in [2.24, 2.45) is 0 Å². The molecule has 1 aliphatic rings. The smallest absolute Gasteiger partial charge is 0.204 e. The highest BCUT2D eigenvalue weighted by molar-refractivity contribution is 5.59. The number of nitrogens with zero attached hydrogens (tertiary/aromatic N) is 5. The molecule has 18 heavy (non-hydrogen) atoms. The summed E-state index contributed by atoms with van der Waals surface area (Å²) in [5.74, 6) is 0.787. The summed E-state index contributed by atoms with van der Waals surface area (Å²) in [6.45, 7) is 5.11. The molecule has 0 saturated carbocycles. The Hall–Kier alpha value is -1.95. The summed E-state index contributed by atoms with van der Waals surface area (Å²) in [7, 11) is 0. The lowest BCUT2D eigenvalue weighted by Gasteiger charge is -2.28. The average Bonchev–Trinajstić information content (AvgIpc) is 2.89. The van der Waals surface area contributed by atoms with E-state index in [0.29, 0.717) is 13.2 Å². The Morgan fingerprint density at radius 3 is 2.72 bits per heavy atom. The summed E-state index contributed by atoms with van der Waals surface area (Å²) in [4.78, 5) is 1.78. The topological polar surface area (TPSA) is 56.1 Å². The van der Waals surface area contributed by atoms with Crippen molar-refractivity contribution in [1.29, 1.82) is 0 Å². The molecule has 94 valence electrons. The fraction of sp³-hybridized carbons (Fsp3) is 0.417. The van der Waals surface area contributed by atoms with Gasteiger partial charge >= 0.3 is 0 Å². The zero-order valence-electron chi connectivity index (χ0n) is 10.3. The number of morpholine rings is 1. The van der Waals surface area contributed by atoms with Gasteiger partial charge in [-0.3, -0.25) is 5.01 Å². The molecule has 6 nitrogen and oxygen atoms in total. The zero-order valence-corrected chi connectivity index (χ0v) is 10.3. The Kier molecular flexibility index (Phi) is 2.93. The van der Waals surface area contributed by atoms with Crippen LogP contribution in [0.3, 0.4) is 0 Å². The van der Waals surface area contributed by atoms with E-state index in [0.717, 1.165) is 24.5 Å². The lowest BCUT2D eigenvalue weighted by atomic mass is 10.1. The Labute approximate surface area is 105 Å². The quantitative estimate of drug-likeness (QED) is 0.776. The summed E-state index contributed by atoms with van der Waals surface area (Å²) in [6.07, 6.45) is 0. The molecule has 0 bridgehead atoms. The van der Waals surface area contributed by atoms with Gasteiger partial charge in [0.2, 0.25) is 5.82 Å². The van der Waals surface area contributed by atoms with Crippen molar-refractivity contribution in [1.82, 2.24) is 20.3 Å². The van der Waals surface area contributed by atoms with Gasteiger partial charge in [0.25, 0.3) is 0 Å². The van der Waals surface area contributed by atoms with Crippen LogP contribution in [0.2, 0.25) is 0 Å². The molecule has 2 heterocycles. The van der Waals surface area contributed by atoms with E-state index < -0.39 is 0 Å². The lowest BCUT2D eigenvalue weighted by molar-refractivity contribution is 0.109. The van der Waals surface area contributed by atoms with Gasteiger partial charge < -0.3 is 4.74 Å². The van der Waals surface area contributed by atoms with Crippen LogP contribution in [0.4, 0.5) is 0 Å². The van der Waals surface area contributed by atoms with Crippen molar-refractivity contribution in [3.05, 3.63) is 29.8 Å². The largest absolute Gasteiger partial charge is 0.378 e. The molecule has 6 heteroatoms. The van der Waals surface area contributed by atoms with E-state index in [1.165, 1.54) is 5.56 Å². The van der Waals surface area contributed by atoms with Gasteiger partial charge in [-0.15, -0.1) is 9.89 Å². The summed E-state index contributed by atoms with van der Waals surface area (Å²) in [6, 6.07) is 8.12. The van der Waals surface area contributed by atoms with Crippen LogP contribution < -0.4 is 5.01 Å². The number of rotatable bonds is 2. The number of hydrogen-bond donors (Lipinski definition) is 0. The Morgan fingerprint density at radius 1 is 1.17 bits per heavy atom. The molecule has 0 atom stereocenters. The van der Waals surface area contributed by atoms with Crippen LogP contribution in [0.25, 0.3) is 11.4 Å². The van der Waals surface area contributed by atoms with Crippen LogP contribution in [0.5, 0.6) is 0 Å². The van der Waals surface area contributed by atoms with E-state index in [1.807, 2.05) is 18.2 Å². The van der Waals surface area contributed by atoms with Gasteiger partial charge in [-0.25, -0.2) is 0 Å². The molecular formula is C12H15N5O. The minimum atomic E-state index is 0.715. The third-order valence-electron chi connectivity index (χ3n) is 3.09. The number of benzene rings is 1. The zero-order chi connectivity index (χ0) is 12.4. The number of aromatic nitrogens is 4. The van der Waals surface area contributed by atoms with Crippen molar-refractivity contribution in [2.45, 2.75) is 6.92 Å². The molecule has 2 aromatic rings. The van der Waals surface area contributed by atoms with Gasteiger partial charge in [0.05, 0.1) is 26.3 Å². The number of aryl methyl sites for hydroxylation is 1. The first-order valence-electron chi connectivity index (χ1n) is 6.03. The first-order valence-corrected chi connectivity index (χ1v) is 6.03. The van der Waals surface area contributed by atoms with E-state index in [1.54, 1.807) is 4.79 Å². The van der Waals surface area contributed by atoms with Gasteiger partial charge in [0, 0.05) is 5.56 Å². The summed E-state index contributed by atoms with van der Waals surface area (Å²) in [5, 5.41) is 14.1. The van der Waals surface area contributed by atoms with Crippen LogP contribution in [-0.4, -0.2) is 46.6 Å². The van der Waals surface area contributed by atoms with Crippen LogP contribution in [0.15, 0.2) is 24.3 Å². The average molecular weight is 245 g/mol. The summed E-state index contributed by atoms with van der Waals surface area (Å²) >= 11 is 0. The monoisotopic (exact) mass is 245 g/mol. The molecule has 1 aromatic carbocycles. The predicted octanol–water partition coefficient (Wildman–Crippen LogP) is 0.617. The predicted molar refractivity (Wildman–Crippen MR) is 66.8 cm³/mol. The molecule has 0 amide bonds. The number of hydrogen-bond acceptors (Lipinski definition) is 5. The Balaban J connectivity index is 1.98. The van der Waals surface area contributed by atoms with Gasteiger partial charge in [-0.05, 0) is 22.9 Å². The second kappa shape index (κ2) is 4.73. The SMILES string of the molecule is Cc1ccccc1-c1nnnn1N1CCOCC1. The van der Waals surface area contributed by atoms with Crippen LogP contribution in [-0.2, 0) is 4.74 Å². The molecule has 0 N–H and O–H groups in total.